The minimum atomic E-state index is -0.251. The minimum Gasteiger partial charge on any atom is -0.357 e. The van der Waals surface area contributed by atoms with Gasteiger partial charge in [-0.05, 0) is 54.2 Å². The number of thiocarbonyl (C=S) groups is 1. The van der Waals surface area contributed by atoms with E-state index in [1.165, 1.54) is 12.1 Å². The molecule has 2 rings (SSSR count). The highest BCUT2D eigenvalue weighted by molar-refractivity contribution is 7.80. The SMILES string of the molecule is Fc1ccc(CNC(=S)NNc2ccc(Cl)cc2)cc1. The molecule has 3 N–H and O–H groups in total. The highest BCUT2D eigenvalue weighted by atomic mass is 35.5. The summed E-state index contributed by atoms with van der Waals surface area (Å²) >= 11 is 10.9. The van der Waals surface area contributed by atoms with Crippen LogP contribution in [-0.4, -0.2) is 5.11 Å². The maximum absolute atomic E-state index is 12.7. The number of halogens is 2. The van der Waals surface area contributed by atoms with E-state index in [2.05, 4.69) is 16.2 Å². The summed E-state index contributed by atoms with van der Waals surface area (Å²) in [6.45, 7) is 0.522. The zero-order valence-corrected chi connectivity index (χ0v) is 12.1. The van der Waals surface area contributed by atoms with Gasteiger partial charge in [-0.15, -0.1) is 0 Å². The van der Waals surface area contributed by atoms with Crippen LogP contribution in [-0.2, 0) is 6.54 Å². The average molecular weight is 310 g/mol. The second-order valence-corrected chi connectivity index (χ2v) is 4.91. The molecule has 0 bridgehead atoms. The smallest absolute Gasteiger partial charge is 0.185 e. The van der Waals surface area contributed by atoms with Crippen LogP contribution in [0.4, 0.5) is 10.1 Å². The van der Waals surface area contributed by atoms with Crippen LogP contribution in [0.1, 0.15) is 5.56 Å². The van der Waals surface area contributed by atoms with Crippen molar-refractivity contribution in [1.29, 1.82) is 0 Å². The Morgan fingerprint density at radius 2 is 1.70 bits per heavy atom. The molecule has 0 amide bonds. The molecule has 0 saturated heterocycles. The lowest BCUT2D eigenvalue weighted by Gasteiger charge is -2.12. The molecule has 2 aromatic carbocycles. The zero-order valence-electron chi connectivity index (χ0n) is 10.5. The Bertz CT molecular complexity index is 520. The summed E-state index contributed by atoms with van der Waals surface area (Å²) in [5.41, 5.74) is 7.59. The fraction of sp³-hybridized carbons (Fsp3) is 0.0714. The van der Waals surface area contributed by atoms with Crippen molar-refractivity contribution in [3.8, 4) is 0 Å². The van der Waals surface area contributed by atoms with Gasteiger partial charge in [-0.1, -0.05) is 23.7 Å². The molecule has 0 heterocycles. The summed E-state index contributed by atoms with van der Waals surface area (Å²) in [5, 5.41) is 4.13. The van der Waals surface area contributed by atoms with Gasteiger partial charge in [-0.2, -0.15) is 0 Å². The lowest BCUT2D eigenvalue weighted by Crippen LogP contribution is -2.38. The van der Waals surface area contributed by atoms with Gasteiger partial charge in [0.1, 0.15) is 5.82 Å². The first kappa shape index (κ1) is 14.6. The second kappa shape index (κ2) is 7.07. The first-order valence-electron chi connectivity index (χ1n) is 5.93. The molecular formula is C14H13ClFN3S. The fourth-order valence-electron chi connectivity index (χ4n) is 1.49. The van der Waals surface area contributed by atoms with E-state index in [4.69, 9.17) is 23.8 Å². The zero-order chi connectivity index (χ0) is 14.4. The monoisotopic (exact) mass is 309 g/mol. The lowest BCUT2D eigenvalue weighted by atomic mass is 10.2. The predicted molar refractivity (Wildman–Crippen MR) is 84.0 cm³/mol. The summed E-state index contributed by atoms with van der Waals surface area (Å²) in [5.74, 6) is -0.251. The van der Waals surface area contributed by atoms with E-state index in [9.17, 15) is 4.39 Å². The highest BCUT2D eigenvalue weighted by Crippen LogP contribution is 2.12. The summed E-state index contributed by atoms with van der Waals surface area (Å²) in [6, 6.07) is 13.5. The van der Waals surface area contributed by atoms with E-state index in [0.717, 1.165) is 11.3 Å². The van der Waals surface area contributed by atoms with E-state index >= 15 is 0 Å². The minimum absolute atomic E-state index is 0.251. The average Bonchev–Trinajstić information content (AvgIpc) is 2.46. The number of hydrogen-bond acceptors (Lipinski definition) is 2. The first-order chi connectivity index (χ1) is 9.63. The lowest BCUT2D eigenvalue weighted by molar-refractivity contribution is 0.626. The van der Waals surface area contributed by atoms with Gasteiger partial charge in [0.05, 0.1) is 5.69 Å². The van der Waals surface area contributed by atoms with Crippen LogP contribution in [0.25, 0.3) is 0 Å². The van der Waals surface area contributed by atoms with Crippen molar-refractivity contribution in [1.82, 2.24) is 10.7 Å². The molecule has 0 atom stereocenters. The molecule has 2 aromatic rings. The van der Waals surface area contributed by atoms with Crippen LogP contribution in [0, 0.1) is 5.82 Å². The van der Waals surface area contributed by atoms with Crippen molar-refractivity contribution in [2.24, 2.45) is 0 Å². The molecule has 3 nitrogen and oxygen atoms in total. The molecule has 0 unspecified atom stereocenters. The molecule has 0 aliphatic carbocycles. The number of hydrogen-bond donors (Lipinski definition) is 3. The summed E-state index contributed by atoms with van der Waals surface area (Å²) in [7, 11) is 0. The highest BCUT2D eigenvalue weighted by Gasteiger charge is 1.97. The molecule has 0 aromatic heterocycles. The summed E-state index contributed by atoms with van der Waals surface area (Å²) < 4.78 is 12.7. The standard InChI is InChI=1S/C14H13ClFN3S/c15-11-3-7-13(8-4-11)18-19-14(20)17-9-10-1-5-12(16)6-2-10/h1-8,18H,9H2,(H2,17,19,20). The first-order valence-corrected chi connectivity index (χ1v) is 6.72. The molecule has 0 fully saturated rings. The molecule has 104 valence electrons. The Morgan fingerprint density at radius 1 is 1.05 bits per heavy atom. The van der Waals surface area contributed by atoms with Gasteiger partial charge < -0.3 is 5.32 Å². The third-order valence-electron chi connectivity index (χ3n) is 2.53. The second-order valence-electron chi connectivity index (χ2n) is 4.07. The van der Waals surface area contributed by atoms with E-state index in [1.54, 1.807) is 24.3 Å². The quantitative estimate of drug-likeness (QED) is 0.597. The van der Waals surface area contributed by atoms with Crippen molar-refractivity contribution >= 4 is 34.6 Å². The topological polar surface area (TPSA) is 36.1 Å². The van der Waals surface area contributed by atoms with Crippen molar-refractivity contribution in [3.05, 3.63) is 64.9 Å². The van der Waals surface area contributed by atoms with E-state index < -0.39 is 0 Å². The van der Waals surface area contributed by atoms with Crippen LogP contribution in [0.2, 0.25) is 5.02 Å². The molecule has 0 saturated carbocycles. The molecule has 0 spiro atoms. The molecular weight excluding hydrogens is 297 g/mol. The molecule has 0 radical (unpaired) electrons. The van der Waals surface area contributed by atoms with Crippen molar-refractivity contribution in [3.63, 3.8) is 0 Å². The van der Waals surface area contributed by atoms with Gasteiger partial charge >= 0.3 is 0 Å². The Labute approximate surface area is 127 Å². The normalized spacial score (nSPS) is 9.90. The molecule has 0 aliphatic rings. The molecule has 20 heavy (non-hydrogen) atoms. The summed E-state index contributed by atoms with van der Waals surface area (Å²) in [6.07, 6.45) is 0. The van der Waals surface area contributed by atoms with Crippen molar-refractivity contribution in [2.45, 2.75) is 6.54 Å². The van der Waals surface area contributed by atoms with E-state index in [-0.39, 0.29) is 5.82 Å². The Balaban J connectivity index is 1.75. The van der Waals surface area contributed by atoms with Gasteiger partial charge in [-0.3, -0.25) is 10.9 Å². The fourth-order valence-corrected chi connectivity index (χ4v) is 1.74. The molecule has 0 aliphatic heterocycles. The van der Waals surface area contributed by atoms with Gasteiger partial charge in [0.15, 0.2) is 5.11 Å². The number of nitrogens with one attached hydrogen (secondary N) is 3. The van der Waals surface area contributed by atoms with Crippen LogP contribution < -0.4 is 16.2 Å². The van der Waals surface area contributed by atoms with Crippen molar-refractivity contribution in [2.75, 3.05) is 5.43 Å². The van der Waals surface area contributed by atoms with Gasteiger partial charge in [-0.25, -0.2) is 4.39 Å². The Hall–Kier alpha value is -1.85. The van der Waals surface area contributed by atoms with Crippen LogP contribution in [0.3, 0.4) is 0 Å². The number of anilines is 1. The van der Waals surface area contributed by atoms with E-state index in [0.29, 0.717) is 16.7 Å². The third-order valence-corrected chi connectivity index (χ3v) is 3.03. The van der Waals surface area contributed by atoms with Crippen molar-refractivity contribution < 1.29 is 4.39 Å². The largest absolute Gasteiger partial charge is 0.357 e. The van der Waals surface area contributed by atoms with Gasteiger partial charge in [0.2, 0.25) is 0 Å². The van der Waals surface area contributed by atoms with Crippen LogP contribution in [0.5, 0.6) is 0 Å². The number of rotatable bonds is 4. The predicted octanol–water partition coefficient (Wildman–Crippen LogP) is 3.47. The Morgan fingerprint density at radius 3 is 2.35 bits per heavy atom. The van der Waals surface area contributed by atoms with Gasteiger partial charge in [0.25, 0.3) is 0 Å². The molecule has 6 heteroatoms. The van der Waals surface area contributed by atoms with Gasteiger partial charge in [0, 0.05) is 11.6 Å². The number of hydrazine groups is 1. The van der Waals surface area contributed by atoms with E-state index in [1.807, 2.05) is 12.1 Å². The third kappa shape index (κ3) is 4.68. The van der Waals surface area contributed by atoms with Crippen LogP contribution in [0.15, 0.2) is 48.5 Å². The van der Waals surface area contributed by atoms with Crippen LogP contribution >= 0.6 is 23.8 Å². The maximum atomic E-state index is 12.7. The Kier molecular flexibility index (Phi) is 5.15. The number of benzene rings is 2. The maximum Gasteiger partial charge on any atom is 0.185 e. The summed E-state index contributed by atoms with van der Waals surface area (Å²) in [4.78, 5) is 0.